The third-order valence-corrected chi connectivity index (χ3v) is 3.85. The number of carbonyl (C=O) groups excluding carboxylic acids is 2. The van der Waals surface area contributed by atoms with Gasteiger partial charge >= 0.3 is 0 Å². The molecule has 2 aromatic carbocycles. The van der Waals surface area contributed by atoms with Crippen LogP contribution in [0.1, 0.15) is 30.1 Å². The number of hydrogen-bond donors (Lipinski definition) is 2. The monoisotopic (exact) mass is 420 g/mol. The topological polar surface area (TPSA) is 76.7 Å². The first-order chi connectivity index (χ1) is 12.6. The van der Waals surface area contributed by atoms with Gasteiger partial charge in [0.25, 0.3) is 5.91 Å². The predicted octanol–water partition coefficient (Wildman–Crippen LogP) is 3.47. The largest absolute Gasteiger partial charge is 0.494 e. The van der Waals surface area contributed by atoms with Crippen molar-refractivity contribution >= 4 is 27.7 Å². The van der Waals surface area contributed by atoms with E-state index in [4.69, 9.17) is 9.47 Å². The van der Waals surface area contributed by atoms with Crippen LogP contribution >= 0.6 is 15.9 Å². The fourth-order valence-corrected chi connectivity index (χ4v) is 2.49. The molecule has 0 spiro atoms. The van der Waals surface area contributed by atoms with Crippen molar-refractivity contribution in [2.75, 3.05) is 13.2 Å². The van der Waals surface area contributed by atoms with Crippen molar-refractivity contribution in [3.05, 3.63) is 58.6 Å². The first kappa shape index (κ1) is 19.8. The molecular formula is C19H21BrN2O4. The summed E-state index contributed by atoms with van der Waals surface area (Å²) in [6.45, 7) is 2.86. The molecule has 0 bridgehead atoms. The van der Waals surface area contributed by atoms with Crippen molar-refractivity contribution in [3.8, 4) is 11.5 Å². The van der Waals surface area contributed by atoms with Crippen LogP contribution < -0.4 is 20.3 Å². The number of rotatable bonds is 8. The summed E-state index contributed by atoms with van der Waals surface area (Å²) in [7, 11) is 0. The maximum Gasteiger partial charge on any atom is 0.269 e. The van der Waals surface area contributed by atoms with Gasteiger partial charge in [0, 0.05) is 16.5 Å². The van der Waals surface area contributed by atoms with Crippen molar-refractivity contribution in [3.63, 3.8) is 0 Å². The van der Waals surface area contributed by atoms with Gasteiger partial charge in [-0.05, 0) is 55.8 Å². The Morgan fingerprint density at radius 3 is 2.46 bits per heavy atom. The Kier molecular flexibility index (Phi) is 7.95. The van der Waals surface area contributed by atoms with Gasteiger partial charge in [0.1, 0.15) is 11.5 Å². The molecule has 2 rings (SSSR count). The Morgan fingerprint density at radius 2 is 1.77 bits per heavy atom. The van der Waals surface area contributed by atoms with Gasteiger partial charge in [-0.2, -0.15) is 0 Å². The number of amides is 2. The number of halogens is 1. The number of nitrogens with one attached hydrogen (secondary N) is 2. The van der Waals surface area contributed by atoms with E-state index >= 15 is 0 Å². The Balaban J connectivity index is 1.65. The van der Waals surface area contributed by atoms with E-state index in [2.05, 4.69) is 26.8 Å². The van der Waals surface area contributed by atoms with Crippen LogP contribution in [0.5, 0.6) is 11.5 Å². The van der Waals surface area contributed by atoms with Gasteiger partial charge in [-0.15, -0.1) is 0 Å². The van der Waals surface area contributed by atoms with E-state index < -0.39 is 0 Å². The second-order valence-corrected chi connectivity index (χ2v) is 6.28. The molecule has 26 heavy (non-hydrogen) atoms. The molecule has 0 fully saturated rings. The third kappa shape index (κ3) is 6.76. The summed E-state index contributed by atoms with van der Waals surface area (Å²) in [5, 5.41) is 0. The molecule has 0 saturated carbocycles. The fraction of sp³-hybridized carbons (Fsp3) is 0.263. The highest BCUT2D eigenvalue weighted by molar-refractivity contribution is 9.10. The quantitative estimate of drug-likeness (QED) is 0.506. The molecule has 0 saturated heterocycles. The van der Waals surface area contributed by atoms with Crippen LogP contribution in [0.15, 0.2) is 53.0 Å². The lowest BCUT2D eigenvalue weighted by Crippen LogP contribution is -2.41. The minimum atomic E-state index is -0.383. The summed E-state index contributed by atoms with van der Waals surface area (Å²) in [6, 6.07) is 14.2. The SMILES string of the molecule is CCOc1ccc(C(=O)NNC(=O)CCCOc2cccc(Br)c2)cc1. The number of hydrogen-bond acceptors (Lipinski definition) is 4. The molecule has 0 aliphatic heterocycles. The van der Waals surface area contributed by atoms with E-state index in [1.54, 1.807) is 24.3 Å². The van der Waals surface area contributed by atoms with Crippen LogP contribution in [-0.2, 0) is 4.79 Å². The molecule has 2 N–H and O–H groups in total. The second kappa shape index (κ2) is 10.5. The van der Waals surface area contributed by atoms with E-state index in [1.807, 2.05) is 31.2 Å². The average molecular weight is 421 g/mol. The zero-order chi connectivity index (χ0) is 18.8. The van der Waals surface area contributed by atoms with Crippen LogP contribution in [0, 0.1) is 0 Å². The first-order valence-corrected chi connectivity index (χ1v) is 9.08. The normalized spacial score (nSPS) is 10.1. The van der Waals surface area contributed by atoms with E-state index in [1.165, 1.54) is 0 Å². The van der Waals surface area contributed by atoms with Crippen molar-refractivity contribution in [1.29, 1.82) is 0 Å². The lowest BCUT2D eigenvalue weighted by atomic mass is 10.2. The van der Waals surface area contributed by atoms with E-state index in [9.17, 15) is 9.59 Å². The van der Waals surface area contributed by atoms with Crippen LogP contribution in [0.4, 0.5) is 0 Å². The van der Waals surface area contributed by atoms with Gasteiger partial charge in [0.2, 0.25) is 5.91 Å². The van der Waals surface area contributed by atoms with E-state index in [-0.39, 0.29) is 18.2 Å². The zero-order valence-corrected chi connectivity index (χ0v) is 16.0. The van der Waals surface area contributed by atoms with E-state index in [0.717, 1.165) is 10.2 Å². The maximum absolute atomic E-state index is 12.0. The van der Waals surface area contributed by atoms with E-state index in [0.29, 0.717) is 30.9 Å². The molecule has 138 valence electrons. The molecule has 2 amide bonds. The second-order valence-electron chi connectivity index (χ2n) is 5.37. The molecule has 7 heteroatoms. The number of benzene rings is 2. The summed E-state index contributed by atoms with van der Waals surface area (Å²) in [6.07, 6.45) is 0.787. The first-order valence-electron chi connectivity index (χ1n) is 8.29. The fourth-order valence-electron chi connectivity index (χ4n) is 2.11. The van der Waals surface area contributed by atoms with Crippen LogP contribution in [0.3, 0.4) is 0 Å². The van der Waals surface area contributed by atoms with Crippen LogP contribution in [0.25, 0.3) is 0 Å². The molecule has 0 heterocycles. The summed E-state index contributed by atoms with van der Waals surface area (Å²) in [4.78, 5) is 23.7. The average Bonchev–Trinajstić information content (AvgIpc) is 2.64. The third-order valence-electron chi connectivity index (χ3n) is 3.36. The molecule has 0 aromatic heterocycles. The molecule has 6 nitrogen and oxygen atoms in total. The molecule has 0 radical (unpaired) electrons. The Hall–Kier alpha value is -2.54. The minimum absolute atomic E-state index is 0.248. The highest BCUT2D eigenvalue weighted by Gasteiger charge is 2.07. The van der Waals surface area contributed by atoms with Gasteiger partial charge < -0.3 is 9.47 Å². The molecule has 0 atom stereocenters. The molecule has 2 aromatic rings. The van der Waals surface area contributed by atoms with Gasteiger partial charge in [0.05, 0.1) is 13.2 Å². The molecular weight excluding hydrogens is 400 g/mol. The van der Waals surface area contributed by atoms with Crippen molar-refractivity contribution in [2.45, 2.75) is 19.8 Å². The van der Waals surface area contributed by atoms with Crippen LogP contribution in [0.2, 0.25) is 0 Å². The molecule has 0 aliphatic carbocycles. The van der Waals surface area contributed by atoms with Crippen molar-refractivity contribution in [1.82, 2.24) is 10.9 Å². The zero-order valence-electron chi connectivity index (χ0n) is 14.5. The van der Waals surface area contributed by atoms with Crippen molar-refractivity contribution in [2.24, 2.45) is 0 Å². The Morgan fingerprint density at radius 1 is 1.00 bits per heavy atom. The number of hydrazine groups is 1. The Labute approximate surface area is 161 Å². The summed E-state index contributed by atoms with van der Waals surface area (Å²) >= 11 is 3.37. The highest BCUT2D eigenvalue weighted by atomic mass is 79.9. The number of ether oxygens (including phenoxy) is 2. The molecule has 0 aliphatic rings. The molecule has 0 unspecified atom stereocenters. The van der Waals surface area contributed by atoms with Gasteiger partial charge in [0.15, 0.2) is 0 Å². The number of carbonyl (C=O) groups is 2. The predicted molar refractivity (Wildman–Crippen MR) is 102 cm³/mol. The smallest absolute Gasteiger partial charge is 0.269 e. The van der Waals surface area contributed by atoms with Gasteiger partial charge in [-0.25, -0.2) is 0 Å². The summed E-state index contributed by atoms with van der Waals surface area (Å²) in [5.74, 6) is 0.774. The maximum atomic E-state index is 12.0. The summed E-state index contributed by atoms with van der Waals surface area (Å²) in [5.41, 5.74) is 5.22. The summed E-state index contributed by atoms with van der Waals surface area (Å²) < 4.78 is 11.8. The van der Waals surface area contributed by atoms with Gasteiger partial charge in [-0.3, -0.25) is 20.4 Å². The standard InChI is InChI=1S/C19H21BrN2O4/c1-2-25-16-10-8-14(9-11-16)19(24)22-21-18(23)7-4-12-26-17-6-3-5-15(20)13-17/h3,5-6,8-11,13H,2,4,7,12H2,1H3,(H,21,23)(H,22,24). The lowest BCUT2D eigenvalue weighted by molar-refractivity contribution is -0.122. The van der Waals surface area contributed by atoms with Crippen LogP contribution in [-0.4, -0.2) is 25.0 Å². The minimum Gasteiger partial charge on any atom is -0.494 e. The van der Waals surface area contributed by atoms with Gasteiger partial charge in [-0.1, -0.05) is 22.0 Å². The Bertz CT molecular complexity index is 735. The lowest BCUT2D eigenvalue weighted by Gasteiger charge is -2.09. The van der Waals surface area contributed by atoms with Crippen molar-refractivity contribution < 1.29 is 19.1 Å². The highest BCUT2D eigenvalue weighted by Crippen LogP contribution is 2.17.